The minimum absolute atomic E-state index is 0. The van der Waals surface area contributed by atoms with Crippen LogP contribution in [-0.4, -0.2) is 49.2 Å². The first-order chi connectivity index (χ1) is 8.38. The second kappa shape index (κ2) is 9.82. The summed E-state index contributed by atoms with van der Waals surface area (Å²) in [7, 11) is 0. The van der Waals surface area contributed by atoms with E-state index in [0.29, 0.717) is 12.3 Å². The van der Waals surface area contributed by atoms with E-state index < -0.39 is 0 Å². The Hall–Kier alpha value is -1.06. The lowest BCUT2D eigenvalue weighted by atomic mass is 10.3. The molecule has 0 unspecified atom stereocenters. The lowest BCUT2D eigenvalue weighted by Crippen LogP contribution is -2.44. The Bertz CT molecular complexity index is 388. The molecule has 1 aliphatic rings. The molecule has 1 saturated heterocycles. The molecule has 0 atom stereocenters. The zero-order valence-corrected chi connectivity index (χ0v) is 12.2. The lowest BCUT2D eigenvalue weighted by Gasteiger charge is -2.26. The SMILES string of the molecule is Cl.Cl.N#Cc1ccc(OCCN2CCNCC2)cn1. The van der Waals surface area contributed by atoms with Crippen molar-refractivity contribution in [2.45, 2.75) is 0 Å². The number of pyridine rings is 1. The quantitative estimate of drug-likeness (QED) is 0.902. The fourth-order valence-corrected chi connectivity index (χ4v) is 1.76. The molecule has 1 aromatic rings. The molecular formula is C12H18Cl2N4O. The topological polar surface area (TPSA) is 61.2 Å². The van der Waals surface area contributed by atoms with E-state index in [1.165, 1.54) is 0 Å². The Balaban J connectivity index is 0.00000162. The third-order valence-corrected chi connectivity index (χ3v) is 2.74. The standard InChI is InChI=1S/C12H16N4O.2ClH/c13-9-11-1-2-12(10-15-11)17-8-7-16-5-3-14-4-6-16;;/h1-2,10,14H,3-8H2;2*1H. The molecule has 0 amide bonds. The van der Waals surface area contributed by atoms with E-state index in [4.69, 9.17) is 10.00 Å². The summed E-state index contributed by atoms with van der Waals surface area (Å²) in [6, 6.07) is 5.43. The minimum Gasteiger partial charge on any atom is -0.491 e. The molecule has 0 radical (unpaired) electrons. The van der Waals surface area contributed by atoms with Crippen molar-refractivity contribution in [2.24, 2.45) is 0 Å². The van der Waals surface area contributed by atoms with E-state index >= 15 is 0 Å². The summed E-state index contributed by atoms with van der Waals surface area (Å²) in [6.45, 7) is 5.86. The Morgan fingerprint density at radius 3 is 2.63 bits per heavy atom. The molecule has 1 fully saturated rings. The molecule has 5 nitrogen and oxygen atoms in total. The third-order valence-electron chi connectivity index (χ3n) is 2.74. The second-order valence-corrected chi connectivity index (χ2v) is 3.93. The Morgan fingerprint density at radius 1 is 1.32 bits per heavy atom. The van der Waals surface area contributed by atoms with Crippen LogP contribution < -0.4 is 10.1 Å². The molecule has 7 heteroatoms. The van der Waals surface area contributed by atoms with Gasteiger partial charge in [-0.1, -0.05) is 0 Å². The van der Waals surface area contributed by atoms with Gasteiger partial charge in [-0.25, -0.2) is 4.98 Å². The number of nitrogens with zero attached hydrogens (tertiary/aromatic N) is 3. The zero-order chi connectivity index (χ0) is 11.9. The van der Waals surface area contributed by atoms with Gasteiger partial charge in [-0.15, -0.1) is 24.8 Å². The van der Waals surface area contributed by atoms with Gasteiger partial charge in [0, 0.05) is 32.7 Å². The molecule has 1 N–H and O–H groups in total. The maximum atomic E-state index is 8.61. The van der Waals surface area contributed by atoms with Crippen LogP contribution in [0.1, 0.15) is 5.69 Å². The minimum atomic E-state index is 0. The van der Waals surface area contributed by atoms with Gasteiger partial charge in [0.15, 0.2) is 0 Å². The molecule has 0 bridgehead atoms. The van der Waals surface area contributed by atoms with E-state index in [1.807, 2.05) is 6.07 Å². The van der Waals surface area contributed by atoms with Gasteiger partial charge in [0.1, 0.15) is 24.1 Å². The molecule has 0 aliphatic carbocycles. The number of hydrogen-bond acceptors (Lipinski definition) is 5. The van der Waals surface area contributed by atoms with Crippen LogP contribution in [-0.2, 0) is 0 Å². The molecule has 1 aromatic heterocycles. The fraction of sp³-hybridized carbons (Fsp3) is 0.500. The summed E-state index contributed by atoms with van der Waals surface area (Å²) in [5.41, 5.74) is 0.416. The Labute approximate surface area is 125 Å². The van der Waals surface area contributed by atoms with E-state index in [0.717, 1.165) is 38.5 Å². The van der Waals surface area contributed by atoms with Crippen molar-refractivity contribution < 1.29 is 4.74 Å². The largest absolute Gasteiger partial charge is 0.491 e. The first-order valence-electron chi connectivity index (χ1n) is 5.80. The third kappa shape index (κ3) is 6.08. The normalized spacial score (nSPS) is 14.7. The second-order valence-electron chi connectivity index (χ2n) is 3.93. The summed E-state index contributed by atoms with van der Waals surface area (Å²) < 4.78 is 5.57. The van der Waals surface area contributed by atoms with E-state index in [9.17, 15) is 0 Å². The smallest absolute Gasteiger partial charge is 0.140 e. The van der Waals surface area contributed by atoms with Gasteiger partial charge in [-0.2, -0.15) is 5.26 Å². The molecule has 0 saturated carbocycles. The van der Waals surface area contributed by atoms with Crippen LogP contribution in [0.5, 0.6) is 5.75 Å². The summed E-state index contributed by atoms with van der Waals surface area (Å²) in [5, 5.41) is 11.9. The number of aromatic nitrogens is 1. The van der Waals surface area contributed by atoms with Crippen LogP contribution in [0.4, 0.5) is 0 Å². The van der Waals surface area contributed by atoms with E-state index in [2.05, 4.69) is 15.2 Å². The van der Waals surface area contributed by atoms with Gasteiger partial charge in [-0.3, -0.25) is 4.90 Å². The van der Waals surface area contributed by atoms with Crippen LogP contribution in [0.3, 0.4) is 0 Å². The highest BCUT2D eigenvalue weighted by atomic mass is 35.5. The van der Waals surface area contributed by atoms with Gasteiger partial charge in [0.05, 0.1) is 6.20 Å². The molecular weight excluding hydrogens is 287 g/mol. The van der Waals surface area contributed by atoms with Crippen LogP contribution in [0.2, 0.25) is 0 Å². The van der Waals surface area contributed by atoms with E-state index in [1.54, 1.807) is 18.3 Å². The first kappa shape index (κ1) is 17.9. The Kier molecular flexibility index (Phi) is 9.27. The van der Waals surface area contributed by atoms with Crippen LogP contribution in [0.15, 0.2) is 18.3 Å². The van der Waals surface area contributed by atoms with Crippen molar-refractivity contribution >= 4 is 24.8 Å². The predicted octanol–water partition coefficient (Wildman–Crippen LogP) is 1.08. The number of nitriles is 1. The van der Waals surface area contributed by atoms with Crippen LogP contribution in [0.25, 0.3) is 0 Å². The van der Waals surface area contributed by atoms with Crippen LogP contribution in [0, 0.1) is 11.3 Å². The van der Waals surface area contributed by atoms with Crippen molar-refractivity contribution in [3.05, 3.63) is 24.0 Å². The summed E-state index contributed by atoms with van der Waals surface area (Å²) in [5.74, 6) is 0.721. The number of halogens is 2. The highest BCUT2D eigenvalue weighted by Crippen LogP contribution is 2.08. The molecule has 19 heavy (non-hydrogen) atoms. The number of piperazine rings is 1. The highest BCUT2D eigenvalue weighted by molar-refractivity contribution is 5.85. The summed E-state index contributed by atoms with van der Waals surface area (Å²) in [6.07, 6.45) is 1.59. The monoisotopic (exact) mass is 304 g/mol. The highest BCUT2D eigenvalue weighted by Gasteiger charge is 2.08. The Morgan fingerprint density at radius 2 is 2.05 bits per heavy atom. The summed E-state index contributed by atoms with van der Waals surface area (Å²) >= 11 is 0. The van der Waals surface area contributed by atoms with Crippen molar-refractivity contribution in [2.75, 3.05) is 39.3 Å². The molecule has 1 aliphatic heterocycles. The number of rotatable bonds is 4. The molecule has 0 spiro atoms. The van der Waals surface area contributed by atoms with Crippen molar-refractivity contribution in [3.8, 4) is 11.8 Å². The average molecular weight is 305 g/mol. The molecule has 2 heterocycles. The number of nitrogens with one attached hydrogen (secondary N) is 1. The van der Waals surface area contributed by atoms with Crippen molar-refractivity contribution in [1.29, 1.82) is 5.26 Å². The predicted molar refractivity (Wildman–Crippen MR) is 78.3 cm³/mol. The first-order valence-corrected chi connectivity index (χ1v) is 5.80. The summed E-state index contributed by atoms with van der Waals surface area (Å²) in [4.78, 5) is 6.32. The van der Waals surface area contributed by atoms with E-state index in [-0.39, 0.29) is 24.8 Å². The van der Waals surface area contributed by atoms with Crippen molar-refractivity contribution in [3.63, 3.8) is 0 Å². The maximum absolute atomic E-state index is 8.61. The average Bonchev–Trinajstić information content (AvgIpc) is 2.41. The lowest BCUT2D eigenvalue weighted by molar-refractivity contribution is 0.191. The maximum Gasteiger partial charge on any atom is 0.140 e. The fourth-order valence-electron chi connectivity index (χ4n) is 1.76. The van der Waals surface area contributed by atoms with Gasteiger partial charge in [0.2, 0.25) is 0 Å². The van der Waals surface area contributed by atoms with Gasteiger partial charge in [-0.05, 0) is 12.1 Å². The van der Waals surface area contributed by atoms with Gasteiger partial charge in [0.25, 0.3) is 0 Å². The molecule has 0 aromatic carbocycles. The molecule has 106 valence electrons. The zero-order valence-electron chi connectivity index (χ0n) is 10.5. The van der Waals surface area contributed by atoms with Gasteiger partial charge < -0.3 is 10.1 Å². The van der Waals surface area contributed by atoms with Crippen molar-refractivity contribution in [1.82, 2.24) is 15.2 Å². The number of ether oxygens (including phenoxy) is 1. The van der Waals surface area contributed by atoms with Crippen LogP contribution >= 0.6 is 24.8 Å². The molecule has 2 rings (SSSR count). The number of hydrogen-bond donors (Lipinski definition) is 1. The van der Waals surface area contributed by atoms with Gasteiger partial charge >= 0.3 is 0 Å².